The second-order valence-electron chi connectivity index (χ2n) is 8.12. The Kier molecular flexibility index (Phi) is 6.68. The van der Waals surface area contributed by atoms with Gasteiger partial charge in [0.25, 0.3) is 5.69 Å². The zero-order valence-electron chi connectivity index (χ0n) is 18.1. The number of nitro benzene ring substituents is 1. The first kappa shape index (κ1) is 21.8. The summed E-state index contributed by atoms with van der Waals surface area (Å²) in [4.78, 5) is 15.8. The first-order valence-electron chi connectivity index (χ1n) is 10.8. The van der Waals surface area contributed by atoms with E-state index in [1.165, 1.54) is 0 Å². The minimum atomic E-state index is -0.348. The maximum Gasteiger partial charge on any atom is 0.292 e. The molecule has 166 valence electrons. The number of benzene rings is 3. The first-order chi connectivity index (χ1) is 15.6. The van der Waals surface area contributed by atoms with E-state index in [0.29, 0.717) is 12.2 Å². The van der Waals surface area contributed by atoms with Gasteiger partial charge in [0.1, 0.15) is 5.69 Å². The molecule has 1 saturated heterocycles. The Morgan fingerprint density at radius 3 is 2.22 bits per heavy atom. The van der Waals surface area contributed by atoms with Gasteiger partial charge in [0.15, 0.2) is 0 Å². The molecule has 1 heterocycles. The Hall–Kier alpha value is -3.42. The number of nitro groups is 1. The lowest BCUT2D eigenvalue weighted by molar-refractivity contribution is -0.384. The highest BCUT2D eigenvalue weighted by molar-refractivity contribution is 5.70. The van der Waals surface area contributed by atoms with Crippen molar-refractivity contribution in [3.05, 3.63) is 100 Å². The molecule has 2 N–H and O–H groups in total. The van der Waals surface area contributed by atoms with Crippen molar-refractivity contribution in [1.29, 1.82) is 0 Å². The lowest BCUT2D eigenvalue weighted by Gasteiger charge is -2.40. The molecule has 7 nitrogen and oxygen atoms in total. The first-order valence-corrected chi connectivity index (χ1v) is 10.8. The molecule has 0 aromatic heterocycles. The molecule has 1 fully saturated rings. The van der Waals surface area contributed by atoms with Crippen LogP contribution in [-0.4, -0.2) is 54.3 Å². The Morgan fingerprint density at radius 2 is 1.66 bits per heavy atom. The zero-order valence-corrected chi connectivity index (χ0v) is 18.1. The normalized spacial score (nSPS) is 16.8. The fourth-order valence-electron chi connectivity index (χ4n) is 4.18. The lowest BCUT2D eigenvalue weighted by atomic mass is 9.98. The molecule has 3 aromatic carbocycles. The number of anilines is 2. The largest absolute Gasteiger partial charge is 0.395 e. The van der Waals surface area contributed by atoms with Gasteiger partial charge in [0, 0.05) is 31.4 Å². The highest BCUT2D eigenvalue weighted by Crippen LogP contribution is 2.35. The molecule has 0 radical (unpaired) electrons. The van der Waals surface area contributed by atoms with Gasteiger partial charge in [-0.05, 0) is 30.3 Å². The van der Waals surface area contributed by atoms with Crippen LogP contribution in [0.4, 0.5) is 17.1 Å². The van der Waals surface area contributed by atoms with Crippen LogP contribution in [0.15, 0.2) is 78.9 Å². The summed E-state index contributed by atoms with van der Waals surface area (Å²) in [6.45, 7) is 2.37. The summed E-state index contributed by atoms with van der Waals surface area (Å²) >= 11 is 0. The molecule has 0 bridgehead atoms. The van der Waals surface area contributed by atoms with E-state index in [2.05, 4.69) is 15.1 Å². The van der Waals surface area contributed by atoms with Gasteiger partial charge in [-0.2, -0.15) is 0 Å². The Bertz CT molecular complexity index is 1010. The van der Waals surface area contributed by atoms with E-state index in [0.717, 1.165) is 29.9 Å². The number of nitrogens with one attached hydrogen (secondary N) is 1. The van der Waals surface area contributed by atoms with Crippen LogP contribution in [0.1, 0.15) is 17.2 Å². The van der Waals surface area contributed by atoms with Gasteiger partial charge in [-0.1, -0.05) is 60.7 Å². The molecule has 1 atom stereocenters. The minimum Gasteiger partial charge on any atom is -0.395 e. The Balaban J connectivity index is 1.70. The average molecular weight is 433 g/mol. The van der Waals surface area contributed by atoms with Crippen molar-refractivity contribution in [3.63, 3.8) is 0 Å². The number of aliphatic hydroxyl groups excluding tert-OH is 1. The van der Waals surface area contributed by atoms with Gasteiger partial charge in [0.05, 0.1) is 23.6 Å². The molecule has 0 spiro atoms. The average Bonchev–Trinajstić information content (AvgIpc) is 2.83. The van der Waals surface area contributed by atoms with Crippen LogP contribution in [0.5, 0.6) is 0 Å². The highest BCUT2D eigenvalue weighted by atomic mass is 16.6. The van der Waals surface area contributed by atoms with Crippen molar-refractivity contribution in [2.75, 3.05) is 43.5 Å². The number of piperazine rings is 1. The van der Waals surface area contributed by atoms with E-state index >= 15 is 0 Å². The summed E-state index contributed by atoms with van der Waals surface area (Å²) in [5.41, 5.74) is 3.48. The van der Waals surface area contributed by atoms with Gasteiger partial charge >= 0.3 is 0 Å². The van der Waals surface area contributed by atoms with Crippen LogP contribution >= 0.6 is 0 Å². The van der Waals surface area contributed by atoms with Crippen molar-refractivity contribution >= 4 is 17.1 Å². The molecular formula is C25H28N4O3. The molecule has 0 unspecified atom stereocenters. The zero-order chi connectivity index (χ0) is 22.5. The molecule has 0 aliphatic carbocycles. The van der Waals surface area contributed by atoms with Gasteiger partial charge in [-0.15, -0.1) is 0 Å². The van der Waals surface area contributed by atoms with Crippen molar-refractivity contribution in [3.8, 4) is 0 Å². The van der Waals surface area contributed by atoms with Crippen LogP contribution in [-0.2, 0) is 0 Å². The molecule has 1 aliphatic rings. The maximum atomic E-state index is 11.8. The summed E-state index contributed by atoms with van der Waals surface area (Å²) in [6.07, 6.45) is 0. The topological polar surface area (TPSA) is 81.9 Å². The van der Waals surface area contributed by atoms with Crippen molar-refractivity contribution in [2.45, 2.75) is 12.1 Å². The fourth-order valence-corrected chi connectivity index (χ4v) is 4.18. The van der Waals surface area contributed by atoms with E-state index in [1.54, 1.807) is 12.1 Å². The second kappa shape index (κ2) is 9.80. The quantitative estimate of drug-likeness (QED) is 0.435. The molecular weight excluding hydrogens is 404 g/mol. The van der Waals surface area contributed by atoms with Crippen molar-refractivity contribution in [2.24, 2.45) is 0 Å². The number of likely N-dealkylation sites (N-methyl/N-ethyl adjacent to an activating group) is 1. The summed E-state index contributed by atoms with van der Waals surface area (Å²) in [7, 11) is 2.01. The smallest absolute Gasteiger partial charge is 0.292 e. The molecule has 4 rings (SSSR count). The standard InChI is InChI=1S/C25H28N4O3/c1-27-14-15-28(17-22(27)18-30)21-12-13-24(29(31)32)23(16-21)26-25(19-8-4-2-5-9-19)20-10-6-3-7-11-20/h2-13,16,22,25-26,30H,14-15,17-18H2,1H3/t22-/m1/s1. The number of hydrogen-bond donors (Lipinski definition) is 2. The van der Waals surface area contributed by atoms with E-state index in [-0.39, 0.29) is 29.3 Å². The highest BCUT2D eigenvalue weighted by Gasteiger charge is 2.26. The summed E-state index contributed by atoms with van der Waals surface area (Å²) in [5.74, 6) is 0. The van der Waals surface area contributed by atoms with E-state index < -0.39 is 0 Å². The predicted octanol–water partition coefficient (Wildman–Crippen LogP) is 3.91. The number of hydrogen-bond acceptors (Lipinski definition) is 6. The minimum absolute atomic E-state index is 0.0386. The van der Waals surface area contributed by atoms with Crippen LogP contribution in [0.2, 0.25) is 0 Å². The monoisotopic (exact) mass is 432 g/mol. The van der Waals surface area contributed by atoms with Crippen LogP contribution in [0.3, 0.4) is 0 Å². The number of nitrogens with zero attached hydrogens (tertiary/aromatic N) is 3. The SMILES string of the molecule is CN1CCN(c2ccc([N+](=O)[O-])c(NC(c3ccccc3)c3ccccc3)c2)C[C@@H]1CO. The van der Waals surface area contributed by atoms with E-state index in [4.69, 9.17) is 0 Å². The third kappa shape index (κ3) is 4.74. The van der Waals surface area contributed by atoms with Gasteiger partial charge < -0.3 is 15.3 Å². The van der Waals surface area contributed by atoms with Gasteiger partial charge in [-0.25, -0.2) is 0 Å². The number of aliphatic hydroxyl groups is 1. The van der Waals surface area contributed by atoms with Crippen LogP contribution in [0, 0.1) is 10.1 Å². The van der Waals surface area contributed by atoms with E-state index in [9.17, 15) is 15.2 Å². The molecule has 0 amide bonds. The third-order valence-corrected chi connectivity index (χ3v) is 6.10. The number of rotatable bonds is 7. The second-order valence-corrected chi connectivity index (χ2v) is 8.12. The van der Waals surface area contributed by atoms with Gasteiger partial charge in [-0.3, -0.25) is 15.0 Å². The van der Waals surface area contributed by atoms with E-state index in [1.807, 2.05) is 73.8 Å². The predicted molar refractivity (Wildman–Crippen MR) is 127 cm³/mol. The third-order valence-electron chi connectivity index (χ3n) is 6.10. The molecule has 0 saturated carbocycles. The Morgan fingerprint density at radius 1 is 1.03 bits per heavy atom. The molecule has 7 heteroatoms. The summed E-state index contributed by atoms with van der Waals surface area (Å²) < 4.78 is 0. The maximum absolute atomic E-state index is 11.8. The summed E-state index contributed by atoms with van der Waals surface area (Å²) in [6, 6.07) is 24.9. The lowest BCUT2D eigenvalue weighted by Crippen LogP contribution is -2.53. The van der Waals surface area contributed by atoms with Crippen molar-refractivity contribution < 1.29 is 10.0 Å². The molecule has 32 heavy (non-hydrogen) atoms. The molecule has 3 aromatic rings. The Labute approximate surface area is 188 Å². The van der Waals surface area contributed by atoms with Gasteiger partial charge in [0.2, 0.25) is 0 Å². The van der Waals surface area contributed by atoms with Crippen molar-refractivity contribution in [1.82, 2.24) is 4.90 Å². The fraction of sp³-hybridized carbons (Fsp3) is 0.280. The molecule has 1 aliphatic heterocycles. The van der Waals surface area contributed by atoms with Crippen LogP contribution < -0.4 is 10.2 Å². The van der Waals surface area contributed by atoms with Crippen LogP contribution in [0.25, 0.3) is 0 Å². The summed E-state index contributed by atoms with van der Waals surface area (Å²) in [5, 5.41) is 25.0.